The van der Waals surface area contributed by atoms with E-state index in [9.17, 15) is 9.59 Å². The Morgan fingerprint density at radius 1 is 1.29 bits per heavy atom. The highest BCUT2D eigenvalue weighted by Crippen LogP contribution is 2.31. The van der Waals surface area contributed by atoms with Crippen LogP contribution in [0.4, 0.5) is 10.8 Å². The van der Waals surface area contributed by atoms with Crippen molar-refractivity contribution >= 4 is 62.4 Å². The Labute approximate surface area is 190 Å². The van der Waals surface area contributed by atoms with Gasteiger partial charge in [-0.1, -0.05) is 40.8 Å². The molecule has 158 valence electrons. The maximum Gasteiger partial charge on any atom is 0.337 e. The molecule has 0 amide bonds. The van der Waals surface area contributed by atoms with Crippen molar-refractivity contribution in [3.8, 4) is 0 Å². The number of aromatic amines is 1. The number of hydrogen-bond donors (Lipinski definition) is 2. The van der Waals surface area contributed by atoms with Crippen LogP contribution in [0.25, 0.3) is 10.9 Å². The lowest BCUT2D eigenvalue weighted by atomic mass is 10.1. The molecule has 0 bridgehead atoms. The number of aromatic nitrogens is 4. The number of benzene rings is 2. The fraction of sp³-hybridized carbons (Fsp3) is 0.150. The summed E-state index contributed by atoms with van der Waals surface area (Å²) in [6, 6.07) is 10.3. The van der Waals surface area contributed by atoms with Gasteiger partial charge in [0.05, 0.1) is 29.3 Å². The third kappa shape index (κ3) is 4.71. The number of anilines is 2. The first kappa shape index (κ1) is 21.3. The Morgan fingerprint density at radius 2 is 2.13 bits per heavy atom. The monoisotopic (exact) mass is 473 g/mol. The van der Waals surface area contributed by atoms with Crippen LogP contribution in [-0.4, -0.2) is 33.2 Å². The summed E-state index contributed by atoms with van der Waals surface area (Å²) in [6.45, 7) is 1.93. The van der Waals surface area contributed by atoms with Gasteiger partial charge >= 0.3 is 5.97 Å². The van der Waals surface area contributed by atoms with E-state index in [1.165, 1.54) is 36.3 Å². The third-order valence-electron chi connectivity index (χ3n) is 4.42. The van der Waals surface area contributed by atoms with Crippen LogP contribution < -0.4 is 10.9 Å². The third-order valence-corrected chi connectivity index (χ3v) is 6.82. The number of H-pyrrole nitrogens is 1. The van der Waals surface area contributed by atoms with Gasteiger partial charge in [0.15, 0.2) is 4.34 Å². The second-order valence-corrected chi connectivity index (χ2v) is 9.04. The normalized spacial score (nSPS) is 10.9. The Hall–Kier alpha value is -2.95. The molecule has 0 spiro atoms. The standard InChI is InChI=1S/C20H16ClN5O3S2/c1-10-13(21)4-3-5-14(10)23-19-25-26-20(31-19)30-9-16-22-15-8-11(18(28)29-2)6-7-12(15)17(27)24-16/h3-8H,9H2,1-2H3,(H,23,25)(H,22,24,27). The lowest BCUT2D eigenvalue weighted by molar-refractivity contribution is 0.0601. The molecule has 4 rings (SSSR count). The fourth-order valence-electron chi connectivity index (χ4n) is 2.81. The molecular weight excluding hydrogens is 458 g/mol. The molecule has 2 heterocycles. The maximum atomic E-state index is 12.4. The van der Waals surface area contributed by atoms with E-state index in [-0.39, 0.29) is 5.56 Å². The van der Waals surface area contributed by atoms with Gasteiger partial charge in [-0.3, -0.25) is 4.79 Å². The number of halogens is 1. The van der Waals surface area contributed by atoms with Crippen molar-refractivity contribution in [2.45, 2.75) is 17.0 Å². The van der Waals surface area contributed by atoms with Crippen LogP contribution in [0.1, 0.15) is 21.7 Å². The average Bonchev–Trinajstić information content (AvgIpc) is 3.22. The van der Waals surface area contributed by atoms with Gasteiger partial charge in [-0.25, -0.2) is 9.78 Å². The quantitative estimate of drug-likeness (QED) is 0.310. The number of thioether (sulfide) groups is 1. The van der Waals surface area contributed by atoms with Crippen LogP contribution in [0.5, 0.6) is 0 Å². The largest absolute Gasteiger partial charge is 0.465 e. The molecule has 8 nitrogen and oxygen atoms in total. The van der Waals surface area contributed by atoms with Crippen LogP contribution in [0.15, 0.2) is 45.5 Å². The second kappa shape index (κ2) is 9.04. The SMILES string of the molecule is COC(=O)c1ccc2c(=O)[nH]c(CSc3nnc(Nc4cccc(Cl)c4C)s3)nc2c1. The number of nitrogens with zero attached hydrogens (tertiary/aromatic N) is 3. The number of methoxy groups -OCH3 is 1. The van der Waals surface area contributed by atoms with Gasteiger partial charge in [0.25, 0.3) is 5.56 Å². The summed E-state index contributed by atoms with van der Waals surface area (Å²) in [7, 11) is 1.30. The van der Waals surface area contributed by atoms with E-state index in [4.69, 9.17) is 16.3 Å². The molecule has 4 aromatic rings. The van der Waals surface area contributed by atoms with E-state index in [1.807, 2.05) is 25.1 Å². The summed E-state index contributed by atoms with van der Waals surface area (Å²) < 4.78 is 5.44. The first-order valence-electron chi connectivity index (χ1n) is 9.04. The summed E-state index contributed by atoms with van der Waals surface area (Å²) in [5, 5.41) is 13.2. The van der Waals surface area contributed by atoms with Crippen molar-refractivity contribution in [3.05, 3.63) is 68.7 Å². The minimum absolute atomic E-state index is 0.270. The molecule has 0 unspecified atom stereocenters. The van der Waals surface area contributed by atoms with Gasteiger partial charge < -0.3 is 15.0 Å². The first-order chi connectivity index (χ1) is 14.9. The highest BCUT2D eigenvalue weighted by atomic mass is 35.5. The smallest absolute Gasteiger partial charge is 0.337 e. The molecule has 0 radical (unpaired) electrons. The van der Waals surface area contributed by atoms with Crippen molar-refractivity contribution in [2.24, 2.45) is 0 Å². The highest BCUT2D eigenvalue weighted by molar-refractivity contribution is 8.00. The van der Waals surface area contributed by atoms with Crippen molar-refractivity contribution in [3.63, 3.8) is 0 Å². The molecule has 2 aromatic carbocycles. The highest BCUT2D eigenvalue weighted by Gasteiger charge is 2.12. The number of esters is 1. The number of fused-ring (bicyclic) bond motifs is 1. The molecule has 0 saturated heterocycles. The van der Waals surface area contributed by atoms with Crippen LogP contribution in [-0.2, 0) is 10.5 Å². The summed E-state index contributed by atoms with van der Waals surface area (Å²) in [5.41, 5.74) is 2.29. The molecule has 0 saturated carbocycles. The molecule has 31 heavy (non-hydrogen) atoms. The average molecular weight is 474 g/mol. The van der Waals surface area contributed by atoms with E-state index in [2.05, 4.69) is 25.5 Å². The van der Waals surface area contributed by atoms with Gasteiger partial charge in [-0.2, -0.15) is 0 Å². The van der Waals surface area contributed by atoms with Crippen LogP contribution >= 0.6 is 34.7 Å². The molecule has 2 aromatic heterocycles. The molecule has 2 N–H and O–H groups in total. The summed E-state index contributed by atoms with van der Waals surface area (Å²) in [4.78, 5) is 31.3. The Morgan fingerprint density at radius 3 is 2.94 bits per heavy atom. The Bertz CT molecular complexity index is 1340. The van der Waals surface area contributed by atoms with Crippen LogP contribution in [0, 0.1) is 6.92 Å². The Balaban J connectivity index is 1.49. The van der Waals surface area contributed by atoms with Crippen molar-refractivity contribution in [1.29, 1.82) is 0 Å². The van der Waals surface area contributed by atoms with E-state index in [1.54, 1.807) is 12.1 Å². The first-order valence-corrected chi connectivity index (χ1v) is 11.2. The van der Waals surface area contributed by atoms with Gasteiger partial charge in [-0.05, 0) is 42.8 Å². The zero-order chi connectivity index (χ0) is 22.0. The lowest BCUT2D eigenvalue weighted by Crippen LogP contribution is -2.12. The maximum absolute atomic E-state index is 12.4. The number of hydrogen-bond acceptors (Lipinski definition) is 9. The zero-order valence-corrected chi connectivity index (χ0v) is 18.8. The van der Waals surface area contributed by atoms with Gasteiger partial charge in [0.2, 0.25) is 5.13 Å². The second-order valence-electron chi connectivity index (χ2n) is 6.44. The fourth-order valence-corrected chi connectivity index (χ4v) is 4.62. The predicted octanol–water partition coefficient (Wildman–Crippen LogP) is 4.56. The number of ether oxygens (including phenoxy) is 1. The lowest BCUT2D eigenvalue weighted by Gasteiger charge is -2.06. The van der Waals surface area contributed by atoms with Crippen molar-refractivity contribution in [2.75, 3.05) is 12.4 Å². The van der Waals surface area contributed by atoms with Crippen LogP contribution in [0.3, 0.4) is 0 Å². The van der Waals surface area contributed by atoms with Gasteiger partial charge in [0, 0.05) is 10.7 Å². The molecule has 0 aliphatic rings. The molecule has 0 atom stereocenters. The van der Waals surface area contributed by atoms with E-state index in [0.29, 0.717) is 42.5 Å². The van der Waals surface area contributed by atoms with E-state index >= 15 is 0 Å². The van der Waals surface area contributed by atoms with Crippen molar-refractivity contribution in [1.82, 2.24) is 20.2 Å². The van der Waals surface area contributed by atoms with Gasteiger partial charge in [0.1, 0.15) is 5.82 Å². The topological polar surface area (TPSA) is 110 Å². The van der Waals surface area contributed by atoms with E-state index < -0.39 is 5.97 Å². The predicted molar refractivity (Wildman–Crippen MR) is 123 cm³/mol. The summed E-state index contributed by atoms with van der Waals surface area (Å²) in [6.07, 6.45) is 0. The summed E-state index contributed by atoms with van der Waals surface area (Å²) >= 11 is 8.94. The van der Waals surface area contributed by atoms with E-state index in [0.717, 1.165) is 11.3 Å². The number of carbonyl (C=O) groups is 1. The molecule has 0 aliphatic heterocycles. The minimum Gasteiger partial charge on any atom is -0.465 e. The Kier molecular flexibility index (Phi) is 6.21. The van der Waals surface area contributed by atoms with Crippen molar-refractivity contribution < 1.29 is 9.53 Å². The zero-order valence-electron chi connectivity index (χ0n) is 16.4. The van der Waals surface area contributed by atoms with Gasteiger partial charge in [-0.15, -0.1) is 10.2 Å². The summed E-state index contributed by atoms with van der Waals surface area (Å²) in [5.74, 6) is 0.377. The molecule has 11 heteroatoms. The minimum atomic E-state index is -0.483. The molecule has 0 fully saturated rings. The number of rotatable bonds is 6. The number of nitrogens with one attached hydrogen (secondary N) is 2. The number of carbonyl (C=O) groups excluding carboxylic acids is 1. The molecular formula is C20H16ClN5O3S2. The molecule has 0 aliphatic carbocycles. The van der Waals surface area contributed by atoms with Crippen LogP contribution in [0.2, 0.25) is 5.02 Å².